The maximum absolute atomic E-state index is 11.0. The van der Waals surface area contributed by atoms with Crippen LogP contribution < -0.4 is 0 Å². The first-order valence-electron chi connectivity index (χ1n) is 3.97. The molecule has 0 spiro atoms. The zero-order valence-corrected chi connectivity index (χ0v) is 9.43. The molecule has 0 radical (unpaired) electrons. The molecule has 0 fully saturated rings. The monoisotopic (exact) mass is 269 g/mol. The Balaban J connectivity index is 3.30. The van der Waals surface area contributed by atoms with E-state index in [0.29, 0.717) is 12.2 Å². The molecule has 0 N–H and O–H groups in total. The summed E-state index contributed by atoms with van der Waals surface area (Å²) in [7, 11) is 2.04. The molecule has 0 unspecified atom stereocenters. The third-order valence-corrected chi connectivity index (χ3v) is 2.22. The molecule has 0 aromatic rings. The van der Waals surface area contributed by atoms with Crippen molar-refractivity contribution in [3.63, 3.8) is 0 Å². The van der Waals surface area contributed by atoms with Crippen LogP contribution in [0, 0.1) is 0 Å². The van der Waals surface area contributed by atoms with Crippen molar-refractivity contribution < 1.29 is 4.79 Å². The van der Waals surface area contributed by atoms with E-state index >= 15 is 0 Å². The third kappa shape index (κ3) is 6.75. The Morgan fingerprint density at radius 2 is 2.09 bits per heavy atom. The van der Waals surface area contributed by atoms with Crippen molar-refractivity contribution in [3.8, 4) is 0 Å². The molecule has 0 aromatic heterocycles. The minimum absolute atomic E-state index is 0.389. The van der Waals surface area contributed by atoms with Crippen LogP contribution in [-0.2, 0) is 4.79 Å². The van der Waals surface area contributed by atoms with E-state index in [1.165, 1.54) is 0 Å². The summed E-state index contributed by atoms with van der Waals surface area (Å²) in [5, 5.41) is 0. The number of halogens is 1. The van der Waals surface area contributed by atoms with E-state index in [1.807, 2.05) is 7.05 Å². The molecule has 0 aliphatic rings. The van der Waals surface area contributed by atoms with Crippen molar-refractivity contribution in [2.75, 3.05) is 24.6 Å². The standard InChI is InChI=1S/C8H16INO/c1-3-10(2)7-5-8(11)4-6-9/h3-7H2,1-2H3. The molecule has 0 saturated carbocycles. The van der Waals surface area contributed by atoms with Crippen LogP contribution in [0.3, 0.4) is 0 Å². The van der Waals surface area contributed by atoms with Gasteiger partial charge in [-0.3, -0.25) is 4.79 Å². The SMILES string of the molecule is CCN(C)CCC(=O)CCI. The van der Waals surface area contributed by atoms with Gasteiger partial charge in [-0.1, -0.05) is 29.5 Å². The fourth-order valence-electron chi connectivity index (χ4n) is 0.704. The van der Waals surface area contributed by atoms with Gasteiger partial charge in [-0.25, -0.2) is 0 Å². The van der Waals surface area contributed by atoms with Crippen molar-refractivity contribution in [1.82, 2.24) is 4.90 Å². The van der Waals surface area contributed by atoms with Crippen molar-refractivity contribution >= 4 is 28.4 Å². The van der Waals surface area contributed by atoms with Crippen LogP contribution in [0.4, 0.5) is 0 Å². The Morgan fingerprint density at radius 1 is 1.45 bits per heavy atom. The van der Waals surface area contributed by atoms with E-state index in [0.717, 1.165) is 23.9 Å². The molecular formula is C8H16INO. The van der Waals surface area contributed by atoms with Crippen LogP contribution in [0.5, 0.6) is 0 Å². The van der Waals surface area contributed by atoms with Crippen molar-refractivity contribution in [3.05, 3.63) is 0 Å². The average Bonchev–Trinajstić information content (AvgIpc) is 2.01. The third-order valence-electron chi connectivity index (χ3n) is 1.69. The molecule has 0 aliphatic heterocycles. The predicted molar refractivity (Wildman–Crippen MR) is 56.3 cm³/mol. The Labute approximate surface area is 82.5 Å². The van der Waals surface area contributed by atoms with Crippen molar-refractivity contribution in [2.45, 2.75) is 19.8 Å². The number of ketones is 1. The number of carbonyl (C=O) groups excluding carboxylic acids is 1. The summed E-state index contributed by atoms with van der Waals surface area (Å²) in [4.78, 5) is 13.2. The van der Waals surface area contributed by atoms with Crippen LogP contribution in [-0.4, -0.2) is 35.2 Å². The summed E-state index contributed by atoms with van der Waals surface area (Å²) in [6.45, 7) is 4.03. The van der Waals surface area contributed by atoms with Gasteiger partial charge in [0.05, 0.1) is 0 Å². The van der Waals surface area contributed by atoms with Gasteiger partial charge in [0, 0.05) is 23.8 Å². The topological polar surface area (TPSA) is 20.3 Å². The Bertz CT molecular complexity index is 117. The lowest BCUT2D eigenvalue weighted by Crippen LogP contribution is -2.21. The van der Waals surface area contributed by atoms with Crippen LogP contribution in [0.25, 0.3) is 0 Å². The van der Waals surface area contributed by atoms with E-state index in [2.05, 4.69) is 34.4 Å². The second kappa shape index (κ2) is 7.03. The largest absolute Gasteiger partial charge is 0.306 e. The maximum Gasteiger partial charge on any atom is 0.134 e. The smallest absolute Gasteiger partial charge is 0.134 e. The number of rotatable bonds is 6. The minimum Gasteiger partial charge on any atom is -0.306 e. The van der Waals surface area contributed by atoms with Gasteiger partial charge in [-0.2, -0.15) is 0 Å². The highest BCUT2D eigenvalue weighted by Gasteiger charge is 2.01. The molecule has 11 heavy (non-hydrogen) atoms. The maximum atomic E-state index is 11.0. The average molecular weight is 269 g/mol. The number of Topliss-reactive ketones (excluding diaryl/α,β-unsaturated/α-hetero) is 1. The van der Waals surface area contributed by atoms with Gasteiger partial charge in [0.25, 0.3) is 0 Å². The molecule has 0 heterocycles. The molecule has 0 amide bonds. The zero-order chi connectivity index (χ0) is 8.69. The minimum atomic E-state index is 0.389. The van der Waals surface area contributed by atoms with E-state index in [1.54, 1.807) is 0 Å². The predicted octanol–water partition coefficient (Wildman–Crippen LogP) is 1.72. The molecule has 3 heteroatoms. The Hall–Kier alpha value is 0.360. The van der Waals surface area contributed by atoms with Crippen LogP contribution in [0.1, 0.15) is 19.8 Å². The lowest BCUT2D eigenvalue weighted by molar-refractivity contribution is -0.118. The highest BCUT2D eigenvalue weighted by Crippen LogP contribution is 1.95. The van der Waals surface area contributed by atoms with Gasteiger partial charge in [-0.15, -0.1) is 0 Å². The molecule has 0 rings (SSSR count). The molecule has 66 valence electrons. The lowest BCUT2D eigenvalue weighted by Gasteiger charge is -2.11. The summed E-state index contributed by atoms with van der Waals surface area (Å²) in [6, 6.07) is 0. The Morgan fingerprint density at radius 3 is 2.55 bits per heavy atom. The van der Waals surface area contributed by atoms with Crippen molar-refractivity contribution in [1.29, 1.82) is 0 Å². The van der Waals surface area contributed by atoms with Crippen LogP contribution >= 0.6 is 22.6 Å². The number of hydrogen-bond acceptors (Lipinski definition) is 2. The normalized spacial score (nSPS) is 10.5. The summed E-state index contributed by atoms with van der Waals surface area (Å²) in [6.07, 6.45) is 1.45. The molecule has 0 aliphatic carbocycles. The fraction of sp³-hybridized carbons (Fsp3) is 0.875. The molecule has 0 atom stereocenters. The first-order chi connectivity index (χ1) is 5.20. The van der Waals surface area contributed by atoms with E-state index < -0.39 is 0 Å². The van der Waals surface area contributed by atoms with E-state index in [-0.39, 0.29) is 0 Å². The van der Waals surface area contributed by atoms with Gasteiger partial charge in [-0.05, 0) is 13.6 Å². The summed E-state index contributed by atoms with van der Waals surface area (Å²) >= 11 is 2.23. The van der Waals surface area contributed by atoms with E-state index in [4.69, 9.17) is 0 Å². The molecule has 0 saturated heterocycles. The number of nitrogens with zero attached hydrogens (tertiary/aromatic N) is 1. The first kappa shape index (κ1) is 11.4. The molecule has 0 bridgehead atoms. The summed E-state index contributed by atoms with van der Waals surface area (Å²) < 4.78 is 0.951. The molecular weight excluding hydrogens is 253 g/mol. The molecule has 0 aromatic carbocycles. The number of carbonyl (C=O) groups is 1. The van der Waals surface area contributed by atoms with Gasteiger partial charge < -0.3 is 4.90 Å². The van der Waals surface area contributed by atoms with E-state index in [9.17, 15) is 4.79 Å². The number of alkyl halides is 1. The van der Waals surface area contributed by atoms with Gasteiger partial charge in [0.1, 0.15) is 5.78 Å². The van der Waals surface area contributed by atoms with Gasteiger partial charge in [0.15, 0.2) is 0 Å². The first-order valence-corrected chi connectivity index (χ1v) is 5.49. The summed E-state index contributed by atoms with van der Waals surface area (Å²) in [5.74, 6) is 0.389. The highest BCUT2D eigenvalue weighted by molar-refractivity contribution is 14.1. The summed E-state index contributed by atoms with van der Waals surface area (Å²) in [5.41, 5.74) is 0. The Kier molecular flexibility index (Phi) is 7.26. The zero-order valence-electron chi connectivity index (χ0n) is 7.27. The van der Waals surface area contributed by atoms with Crippen LogP contribution in [0.2, 0.25) is 0 Å². The van der Waals surface area contributed by atoms with Crippen molar-refractivity contribution in [2.24, 2.45) is 0 Å². The number of hydrogen-bond donors (Lipinski definition) is 0. The highest BCUT2D eigenvalue weighted by atomic mass is 127. The lowest BCUT2D eigenvalue weighted by atomic mass is 10.2. The second-order valence-electron chi connectivity index (χ2n) is 2.62. The van der Waals surface area contributed by atoms with Gasteiger partial charge in [0.2, 0.25) is 0 Å². The fourth-order valence-corrected chi connectivity index (χ4v) is 1.31. The second-order valence-corrected chi connectivity index (χ2v) is 3.70. The quantitative estimate of drug-likeness (QED) is 0.540. The van der Waals surface area contributed by atoms with Crippen LogP contribution in [0.15, 0.2) is 0 Å². The molecule has 2 nitrogen and oxygen atoms in total. The van der Waals surface area contributed by atoms with Gasteiger partial charge >= 0.3 is 0 Å².